The molecule has 0 bridgehead atoms. The zero-order chi connectivity index (χ0) is 12.1. The number of benzene rings is 1. The van der Waals surface area contributed by atoms with Crippen LogP contribution in [0.5, 0.6) is 5.75 Å². The molecular weight excluding hydrogens is 216 g/mol. The van der Waals surface area contributed by atoms with E-state index in [0.29, 0.717) is 0 Å². The van der Waals surface area contributed by atoms with Crippen molar-refractivity contribution in [3.8, 4) is 5.75 Å². The lowest BCUT2D eigenvalue weighted by atomic mass is 10.2. The first kappa shape index (κ1) is 11.6. The third-order valence-corrected chi connectivity index (χ3v) is 1.67. The van der Waals surface area contributed by atoms with E-state index in [0.717, 1.165) is 18.2 Å². The van der Waals surface area contributed by atoms with Crippen molar-refractivity contribution < 1.29 is 14.6 Å². The first-order valence-electron chi connectivity index (χ1n) is 4.22. The normalized spacial score (nSPS) is 9.50. The predicted molar refractivity (Wildman–Crippen MR) is 55.4 cm³/mol. The van der Waals surface area contributed by atoms with Crippen LogP contribution in [0.4, 0.5) is 11.4 Å². The van der Waals surface area contributed by atoms with E-state index in [9.17, 15) is 20.2 Å². The summed E-state index contributed by atoms with van der Waals surface area (Å²) >= 11 is 0. The highest BCUT2D eigenvalue weighted by atomic mass is 16.6. The zero-order valence-corrected chi connectivity index (χ0v) is 8.16. The molecular formula is C9H8N2O5. The van der Waals surface area contributed by atoms with Crippen molar-refractivity contribution >= 4 is 11.4 Å². The van der Waals surface area contributed by atoms with Gasteiger partial charge in [-0.1, -0.05) is 12.7 Å². The van der Waals surface area contributed by atoms with Gasteiger partial charge in [0.05, 0.1) is 28.0 Å². The Morgan fingerprint density at radius 1 is 1.19 bits per heavy atom. The van der Waals surface area contributed by atoms with Crippen LogP contribution in [0.25, 0.3) is 0 Å². The van der Waals surface area contributed by atoms with Crippen molar-refractivity contribution in [3.63, 3.8) is 0 Å². The van der Waals surface area contributed by atoms with Crippen molar-refractivity contribution in [1.29, 1.82) is 0 Å². The van der Waals surface area contributed by atoms with Crippen LogP contribution in [-0.4, -0.2) is 16.5 Å². The molecule has 0 heterocycles. The minimum Gasteiger partial charge on any atom is -0.489 e. The second-order valence-corrected chi connectivity index (χ2v) is 2.80. The van der Waals surface area contributed by atoms with Crippen LogP contribution in [-0.2, 0) is 0 Å². The van der Waals surface area contributed by atoms with Crippen LogP contribution in [0.3, 0.4) is 0 Å². The topological polar surface area (TPSA) is 95.5 Å². The number of hydrogen-bond acceptors (Lipinski definition) is 5. The van der Waals surface area contributed by atoms with E-state index in [2.05, 4.69) is 6.58 Å². The van der Waals surface area contributed by atoms with Crippen LogP contribution in [0, 0.1) is 20.2 Å². The number of nitro benzene ring substituents is 2. The van der Waals surface area contributed by atoms with Gasteiger partial charge >= 0.3 is 0 Å². The molecule has 0 spiro atoms. The van der Waals surface area contributed by atoms with Crippen LogP contribution in [0.2, 0.25) is 0 Å². The summed E-state index contributed by atoms with van der Waals surface area (Å²) in [5, 5.41) is 21.0. The Morgan fingerprint density at radius 3 is 2.06 bits per heavy atom. The fourth-order valence-corrected chi connectivity index (χ4v) is 1.02. The van der Waals surface area contributed by atoms with Gasteiger partial charge in [-0.2, -0.15) is 0 Å². The van der Waals surface area contributed by atoms with Crippen molar-refractivity contribution in [1.82, 2.24) is 0 Å². The molecule has 0 saturated heterocycles. The van der Waals surface area contributed by atoms with Crippen molar-refractivity contribution in [2.24, 2.45) is 0 Å². The smallest absolute Gasteiger partial charge is 0.280 e. The molecule has 1 aromatic carbocycles. The molecule has 7 heteroatoms. The van der Waals surface area contributed by atoms with E-state index in [-0.39, 0.29) is 23.7 Å². The molecule has 0 saturated carbocycles. The van der Waals surface area contributed by atoms with Gasteiger partial charge in [0.15, 0.2) is 0 Å². The Kier molecular flexibility index (Phi) is 3.54. The average molecular weight is 224 g/mol. The van der Waals surface area contributed by atoms with Crippen LogP contribution < -0.4 is 4.74 Å². The molecule has 0 atom stereocenters. The molecule has 0 N–H and O–H groups in total. The third-order valence-electron chi connectivity index (χ3n) is 1.67. The Balaban J connectivity index is 3.13. The van der Waals surface area contributed by atoms with Gasteiger partial charge in [0.25, 0.3) is 11.4 Å². The van der Waals surface area contributed by atoms with Gasteiger partial charge in [-0.3, -0.25) is 20.2 Å². The zero-order valence-electron chi connectivity index (χ0n) is 8.16. The Bertz CT molecular complexity index is 411. The number of rotatable bonds is 5. The summed E-state index contributed by atoms with van der Waals surface area (Å²) in [6, 6.07) is 3.12. The Morgan fingerprint density at radius 2 is 1.69 bits per heavy atom. The molecule has 0 aliphatic rings. The number of nitrogens with zero attached hydrogens (tertiary/aromatic N) is 2. The number of non-ortho nitro benzene ring substituents is 2. The summed E-state index contributed by atoms with van der Waals surface area (Å²) in [5.74, 6) is 0.0702. The Labute approximate surface area is 90.3 Å². The summed E-state index contributed by atoms with van der Waals surface area (Å²) in [5.41, 5.74) is -0.762. The maximum absolute atomic E-state index is 10.5. The van der Waals surface area contributed by atoms with E-state index in [4.69, 9.17) is 4.74 Å². The number of nitro groups is 2. The summed E-state index contributed by atoms with van der Waals surface area (Å²) < 4.78 is 5.01. The summed E-state index contributed by atoms with van der Waals surface area (Å²) in [6.45, 7) is 3.52. The quantitative estimate of drug-likeness (QED) is 0.433. The van der Waals surface area contributed by atoms with Crippen LogP contribution in [0.15, 0.2) is 30.9 Å². The highest BCUT2D eigenvalue weighted by molar-refractivity contribution is 5.49. The minimum absolute atomic E-state index is 0.0702. The maximum Gasteiger partial charge on any atom is 0.280 e. The van der Waals surface area contributed by atoms with Gasteiger partial charge in [0.2, 0.25) is 0 Å². The van der Waals surface area contributed by atoms with Gasteiger partial charge in [-0.05, 0) is 0 Å². The lowest BCUT2D eigenvalue weighted by Gasteiger charge is -2.02. The van der Waals surface area contributed by atoms with E-state index in [1.807, 2.05) is 0 Å². The molecule has 0 radical (unpaired) electrons. The molecule has 0 unspecified atom stereocenters. The summed E-state index contributed by atoms with van der Waals surface area (Å²) in [6.07, 6.45) is 1.44. The molecule has 1 rings (SSSR count). The van der Waals surface area contributed by atoms with Crippen molar-refractivity contribution in [2.45, 2.75) is 0 Å². The summed E-state index contributed by atoms with van der Waals surface area (Å²) in [4.78, 5) is 19.6. The second-order valence-electron chi connectivity index (χ2n) is 2.80. The molecule has 1 aromatic rings. The van der Waals surface area contributed by atoms with Gasteiger partial charge in [-0.15, -0.1) is 0 Å². The minimum atomic E-state index is -0.715. The maximum atomic E-state index is 10.5. The highest BCUT2D eigenvalue weighted by Gasteiger charge is 2.16. The lowest BCUT2D eigenvalue weighted by molar-refractivity contribution is -0.394. The summed E-state index contributed by atoms with van der Waals surface area (Å²) in [7, 11) is 0. The average Bonchev–Trinajstić information content (AvgIpc) is 2.25. The SMILES string of the molecule is C=CCOc1cc([N+](=O)[O-])cc([N+](=O)[O-])c1. The van der Waals surface area contributed by atoms with Crippen LogP contribution in [0.1, 0.15) is 0 Å². The Hall–Kier alpha value is -2.44. The first-order valence-corrected chi connectivity index (χ1v) is 4.22. The van der Waals surface area contributed by atoms with E-state index in [1.54, 1.807) is 0 Å². The van der Waals surface area contributed by atoms with Gasteiger partial charge in [0, 0.05) is 0 Å². The third kappa shape index (κ3) is 2.77. The number of ether oxygens (including phenoxy) is 1. The van der Waals surface area contributed by atoms with E-state index >= 15 is 0 Å². The standard InChI is InChI=1S/C9H8N2O5/c1-2-3-16-9-5-7(10(12)13)4-8(6-9)11(14)15/h2,4-6H,1,3H2. The van der Waals surface area contributed by atoms with Gasteiger partial charge < -0.3 is 4.74 Å². The molecule has 0 fully saturated rings. The molecule has 0 aromatic heterocycles. The highest BCUT2D eigenvalue weighted by Crippen LogP contribution is 2.27. The molecule has 16 heavy (non-hydrogen) atoms. The fourth-order valence-electron chi connectivity index (χ4n) is 1.02. The van der Waals surface area contributed by atoms with Gasteiger partial charge in [-0.25, -0.2) is 0 Å². The van der Waals surface area contributed by atoms with Crippen molar-refractivity contribution in [3.05, 3.63) is 51.1 Å². The molecule has 0 amide bonds. The molecule has 0 aliphatic carbocycles. The molecule has 7 nitrogen and oxygen atoms in total. The monoisotopic (exact) mass is 224 g/mol. The fraction of sp³-hybridized carbons (Fsp3) is 0.111. The van der Waals surface area contributed by atoms with Gasteiger partial charge in [0.1, 0.15) is 12.4 Å². The van der Waals surface area contributed by atoms with E-state index in [1.165, 1.54) is 6.08 Å². The van der Waals surface area contributed by atoms with Crippen molar-refractivity contribution in [2.75, 3.05) is 6.61 Å². The second kappa shape index (κ2) is 4.87. The largest absolute Gasteiger partial charge is 0.489 e. The van der Waals surface area contributed by atoms with E-state index < -0.39 is 9.85 Å². The molecule has 84 valence electrons. The lowest BCUT2D eigenvalue weighted by Crippen LogP contribution is -1.97. The number of hydrogen-bond donors (Lipinski definition) is 0. The predicted octanol–water partition coefficient (Wildman–Crippen LogP) is 2.07. The molecule has 0 aliphatic heterocycles. The first-order chi connectivity index (χ1) is 7.54. The van der Waals surface area contributed by atoms with Crippen LogP contribution >= 0.6 is 0 Å².